The van der Waals surface area contributed by atoms with Crippen LogP contribution in [0.3, 0.4) is 0 Å². The van der Waals surface area contributed by atoms with Crippen molar-refractivity contribution in [3.8, 4) is 0 Å². The first-order valence-electron chi connectivity index (χ1n) is 11.0. The Bertz CT molecular complexity index is 1930. The molecule has 0 aliphatic carbocycles. The number of hydrogen-bond acceptors (Lipinski definition) is 48. The second-order valence-electron chi connectivity index (χ2n) is 7.69. The topological polar surface area (TPSA) is 851 Å². The first-order valence-corrected chi connectivity index (χ1v) is 32.9. The van der Waals surface area contributed by atoms with Gasteiger partial charge in [0, 0.05) is 0 Å². The van der Waals surface area contributed by atoms with Crippen LogP contribution in [0.4, 0.5) is 0 Å². The van der Waals surface area contributed by atoms with Crippen LogP contribution in [-0.2, 0) is 120 Å². The van der Waals surface area contributed by atoms with Crippen molar-refractivity contribution in [2.75, 3.05) is 0 Å². The minimum atomic E-state index is -6.56. The molecule has 0 fully saturated rings. The van der Waals surface area contributed by atoms with Gasteiger partial charge in [0.25, 0.3) is 70.4 Å². The Hall–Kier alpha value is 12.8. The monoisotopic (exact) mass is 2450 g/mol. The maximum Gasteiger partial charge on any atom is 3.00 e. The number of phosphoric acid groups is 15. The summed E-state index contributed by atoms with van der Waals surface area (Å²) in [5.41, 5.74) is 0. The Kier molecular flexibility index (Phi) is 60.5. The van der Waals surface area contributed by atoms with Crippen LogP contribution < -0.4 is 103 Å². The normalized spacial score (nSPS) is 19.8. The fourth-order valence-corrected chi connectivity index (χ4v) is 16.8. The van der Waals surface area contributed by atoms with Gasteiger partial charge >= 0.3 is 328 Å². The van der Waals surface area contributed by atoms with E-state index in [1.54, 1.807) is 0 Å². The second kappa shape index (κ2) is 40.5. The van der Waals surface area contributed by atoms with Gasteiger partial charge in [0.15, 0.2) is 0 Å². The van der Waals surface area contributed by atoms with Crippen LogP contribution in [0.1, 0.15) is 0 Å². The van der Waals surface area contributed by atoms with E-state index in [0.717, 1.165) is 0 Å². The van der Waals surface area contributed by atoms with Crippen LogP contribution in [-0.4, -0.2) is 0 Å². The predicted molar refractivity (Wildman–Crippen MR) is 127 cm³/mol. The third-order valence-electron chi connectivity index (χ3n) is 2.40. The molecular weight excluding hydrogens is 2440 g/mol. The molecule has 461 valence electrons. The van der Waals surface area contributed by atoms with E-state index >= 15 is 0 Å². The molecule has 0 aromatic carbocycles. The fraction of sp³-hybridized carbons (Fsp3) is 0. The van der Waals surface area contributed by atoms with Crippen LogP contribution in [0.5, 0.6) is 0 Å². The van der Waals surface area contributed by atoms with Gasteiger partial charge in [-0.3, -0.25) is 66.9 Å². The Morgan fingerprint density at radius 2 is 0.200 bits per heavy atom. The number of rotatable bonds is 24. The molecule has 7 radical (unpaired) electrons. The van der Waals surface area contributed by atoms with E-state index in [0.29, 0.717) is 0 Å². The molecule has 0 bridgehead atoms. The summed E-state index contributed by atoms with van der Waals surface area (Å²) < 4.78 is 188. The zero-order valence-corrected chi connectivity index (χ0v) is 53.6. The summed E-state index contributed by atoms with van der Waals surface area (Å²) in [6, 6.07) is 0. The molecule has 6 atom stereocenters. The van der Waals surface area contributed by atoms with Crippen molar-refractivity contribution >= 4 is 117 Å². The summed E-state index contributed by atoms with van der Waals surface area (Å²) in [6.07, 6.45) is 0. The first kappa shape index (κ1) is 105. The van der Waals surface area contributed by atoms with E-state index in [9.17, 15) is 171 Å². The Labute approximate surface area is 653 Å². The molecular formula is O48P15Yb7. The largest absolute Gasteiger partial charge is 3.00 e. The van der Waals surface area contributed by atoms with Crippen molar-refractivity contribution in [2.45, 2.75) is 0 Å². The summed E-state index contributed by atoms with van der Waals surface area (Å²) in [6.45, 7) is 0. The van der Waals surface area contributed by atoms with Gasteiger partial charge in [-0.2, -0.15) is 0 Å². The predicted octanol–water partition coefficient (Wildman–Crippen LogP) is -14.7. The van der Waals surface area contributed by atoms with Gasteiger partial charge in [-0.1, -0.05) is 0 Å². The second-order valence-corrected chi connectivity index (χ2v) is 28.9. The average Bonchev–Trinajstić information content (AvgIpc) is 2.68. The molecule has 70 heteroatoms. The summed E-state index contributed by atoms with van der Waals surface area (Å²) in [5.74, 6) is 0. The summed E-state index contributed by atoms with van der Waals surface area (Å²) >= 11 is 0. The van der Waals surface area contributed by atoms with Crippen molar-refractivity contribution in [3.63, 3.8) is 0 Å². The van der Waals surface area contributed by atoms with Gasteiger partial charge in [-0.05, 0) is 0 Å². The zero-order chi connectivity index (χ0) is 52.0. The van der Waals surface area contributed by atoms with Gasteiger partial charge in [0.05, 0.1) is 46.9 Å². The van der Waals surface area contributed by atoms with E-state index in [1.807, 2.05) is 0 Å². The summed E-state index contributed by atoms with van der Waals surface area (Å²) in [4.78, 5) is 215. The molecule has 70 heavy (non-hydrogen) atoms. The van der Waals surface area contributed by atoms with Gasteiger partial charge in [0.1, 0.15) is 0 Å². The minimum absolute atomic E-state index is 0. The smallest absolute Gasteiger partial charge is 0.790 e. The zero-order valence-electron chi connectivity index (χ0n) is 28.2. The molecule has 0 saturated carbocycles. The molecule has 0 aromatic heterocycles. The van der Waals surface area contributed by atoms with Crippen LogP contribution in [0.2, 0.25) is 0 Å². The van der Waals surface area contributed by atoms with E-state index in [1.165, 1.54) is 0 Å². The molecule has 6 unspecified atom stereocenters. The molecule has 0 heterocycles. The third kappa shape index (κ3) is 71.5. The number of hydrogen-bond donors (Lipinski definition) is 0. The molecule has 0 aromatic rings. The van der Waals surface area contributed by atoms with Gasteiger partial charge in [0.2, 0.25) is 0 Å². The standard InChI is InChI=1S/3H7O16P5.7Yb/c3*1-17(2,3)13-19(7,8)15-21(11,12)16-20(9,10)14-18(4,5)6;;;;;;;/h3*(H,7,8)(H,9,10)(H,11,12)(H2,1,2,3)(H2,4,5,6);;;;;;;/q;;;7*+3/p-21. The fourth-order valence-electron chi connectivity index (χ4n) is 1.60. The third-order valence-corrected chi connectivity index (χ3v) is 21.6. The molecule has 0 saturated heterocycles. The quantitative estimate of drug-likeness (QED) is 0.0810. The van der Waals surface area contributed by atoms with Gasteiger partial charge in [-0.15, -0.1) is 0 Å². The van der Waals surface area contributed by atoms with Crippen LogP contribution in [0, 0.1) is 328 Å². The molecule has 0 N–H and O–H groups in total. The van der Waals surface area contributed by atoms with Crippen LogP contribution in [0.15, 0.2) is 0 Å². The van der Waals surface area contributed by atoms with E-state index in [4.69, 9.17) is 0 Å². The van der Waals surface area contributed by atoms with Crippen molar-refractivity contribution < 1.29 is 551 Å². The first-order chi connectivity index (χ1) is 26.5. The Morgan fingerprint density at radius 3 is 0.257 bits per heavy atom. The van der Waals surface area contributed by atoms with Crippen molar-refractivity contribution in [1.29, 1.82) is 0 Å². The van der Waals surface area contributed by atoms with Crippen molar-refractivity contribution in [3.05, 3.63) is 0 Å². The van der Waals surface area contributed by atoms with Crippen LogP contribution in [0.25, 0.3) is 0 Å². The Morgan fingerprint density at radius 1 is 0.143 bits per heavy atom. The van der Waals surface area contributed by atoms with Crippen molar-refractivity contribution in [2.24, 2.45) is 0 Å². The van der Waals surface area contributed by atoms with Crippen molar-refractivity contribution in [1.82, 2.24) is 0 Å². The van der Waals surface area contributed by atoms with E-state index in [-0.39, 0.29) is 328 Å². The summed E-state index contributed by atoms with van der Waals surface area (Å²) in [5, 5.41) is 0. The van der Waals surface area contributed by atoms with Gasteiger partial charge < -0.3 is 130 Å². The van der Waals surface area contributed by atoms with E-state index < -0.39 is 117 Å². The maximum absolute atomic E-state index is 10.7. The minimum Gasteiger partial charge on any atom is -0.790 e. The average molecular weight is 2440 g/mol. The molecule has 0 amide bonds. The van der Waals surface area contributed by atoms with E-state index in [2.05, 4.69) is 51.7 Å². The molecule has 0 aliphatic heterocycles. The molecule has 48 nitrogen and oxygen atoms in total. The SMILES string of the molecule is O=P([O-])([O-])OP(=O)([O-])OP(=O)([O-])OP(=O)([O-])OP(=O)([O-])[O-].O=P([O-])([O-])OP(=O)([O-])OP(=O)([O-])OP(=O)([O-])OP(=O)([O-])[O-].O=P([O-])([O-])OP(=O)([O-])OP(=O)([O-])OP(=O)([O-])OP(=O)([O-])[O-].[Yb+3].[Yb+3].[Yb+3].[Yb+3].[Yb+3].[Yb+3].[Yb+3]. The van der Waals surface area contributed by atoms with Gasteiger partial charge in [-0.25, -0.2) is 25.9 Å². The molecule has 0 spiro atoms. The maximum atomic E-state index is 10.7. The molecule has 0 aliphatic rings. The molecule has 0 rings (SSSR count). The summed E-state index contributed by atoms with van der Waals surface area (Å²) in [7, 11) is -96.2. The Balaban J connectivity index is -0.0000000918. The van der Waals surface area contributed by atoms with Crippen LogP contribution >= 0.6 is 117 Å².